The normalized spacial score (nSPS) is 10.3. The van der Waals surface area contributed by atoms with Crippen LogP contribution in [-0.2, 0) is 25.4 Å². The van der Waals surface area contributed by atoms with Gasteiger partial charge in [-0.05, 0) is 121 Å². The number of hydrogen-bond donors (Lipinski definition) is 6. The number of thioether (sulfide) groups is 1. The molecule has 0 radical (unpaired) electrons. The van der Waals surface area contributed by atoms with Crippen LogP contribution < -0.4 is 27.4 Å². The van der Waals surface area contributed by atoms with Crippen molar-refractivity contribution in [3.05, 3.63) is 196 Å². The van der Waals surface area contributed by atoms with Crippen LogP contribution in [0.1, 0.15) is 54.1 Å². The zero-order valence-corrected chi connectivity index (χ0v) is 45.2. The summed E-state index contributed by atoms with van der Waals surface area (Å²) >= 11 is 33.5. The quantitative estimate of drug-likeness (QED) is 0.0324. The second-order valence-corrected chi connectivity index (χ2v) is 18.5. The third-order valence-corrected chi connectivity index (χ3v) is 11.2. The van der Waals surface area contributed by atoms with Crippen LogP contribution >= 0.6 is 119 Å². The molecule has 20 heteroatoms. The van der Waals surface area contributed by atoms with Crippen LogP contribution in [0.15, 0.2) is 135 Å². The molecule has 0 aliphatic carbocycles. The molecule has 8 N–H and O–H groups in total. The van der Waals surface area contributed by atoms with Gasteiger partial charge in [0.15, 0.2) is 10.3 Å². The molecule has 0 spiro atoms. The first kappa shape index (κ1) is 59.3. The second-order valence-electron chi connectivity index (χ2n) is 13.7. The highest BCUT2D eigenvalue weighted by Crippen LogP contribution is 2.26. The van der Waals surface area contributed by atoms with Crippen LogP contribution in [0.25, 0.3) is 0 Å². The molecule has 6 rings (SSSR count). The van der Waals surface area contributed by atoms with Crippen molar-refractivity contribution in [3.8, 4) is 0 Å². The Bertz CT molecular complexity index is 2600. The molecular weight excluding hydrogens is 1180 g/mol. The molecule has 0 heterocycles. The number of anilines is 1. The molecule has 0 unspecified atom stereocenters. The van der Waals surface area contributed by atoms with E-state index in [1.165, 1.54) is 59.3 Å². The molecule has 0 saturated heterocycles. The predicted octanol–water partition coefficient (Wildman–Crippen LogP) is 13.7. The number of thiocarbonyl (C=S) groups is 1. The molecule has 0 aliphatic heterocycles. The number of aliphatic hydroxyl groups excluding tert-OH is 1. The van der Waals surface area contributed by atoms with Gasteiger partial charge in [0.25, 0.3) is 11.8 Å². The minimum atomic E-state index is -0.512. The lowest BCUT2D eigenvalue weighted by molar-refractivity contribution is 0.0941. The van der Waals surface area contributed by atoms with Crippen molar-refractivity contribution >= 4 is 153 Å². The average Bonchev–Trinajstić information content (AvgIpc) is 3.28. The zero-order valence-electron chi connectivity index (χ0n) is 35.7. The maximum absolute atomic E-state index is 13.3. The van der Waals surface area contributed by atoms with Crippen molar-refractivity contribution in [1.82, 2.24) is 10.6 Å². The molecule has 0 aliphatic rings. The highest BCUT2D eigenvalue weighted by Gasteiger charge is 2.14. The van der Waals surface area contributed by atoms with E-state index in [2.05, 4.69) is 65.0 Å². The summed E-state index contributed by atoms with van der Waals surface area (Å²) in [6.07, 6.45) is 0. The Labute approximate surface area is 445 Å². The van der Waals surface area contributed by atoms with Crippen LogP contribution in [0.5, 0.6) is 0 Å². The molecule has 0 saturated carbocycles. The summed E-state index contributed by atoms with van der Waals surface area (Å²) in [4.78, 5) is 29.2. The minimum Gasteiger partial charge on any atom is -0.392 e. The summed E-state index contributed by atoms with van der Waals surface area (Å²) in [6, 6.07) is 35.1. The molecule has 0 aromatic heterocycles. The SMILES string of the molecule is Br.Cc1ccc(CNC(=O)c2ccc(Br)cc2CO)cc1.Cc1ccc(CNC(=O)c2ccc(Br)cc2CSC(N)=Nc2ccc(F)c(Cl)c2)cc1.ClCCl.NC(=S)Nc1ccc(F)c(Cl)c1. The van der Waals surface area contributed by atoms with E-state index in [0.29, 0.717) is 46.9 Å². The lowest BCUT2D eigenvalue weighted by atomic mass is 10.1. The molecule has 6 aromatic rings. The van der Waals surface area contributed by atoms with Crippen LogP contribution in [0, 0.1) is 25.5 Å². The standard InChI is InChI=1S/C23H20BrClFN3OS.C16H16BrNO2.C7H6ClFN2S.CH2Cl2.BrH/c1-14-2-4-15(5-3-14)12-28-22(30)19-8-6-17(24)10-16(19)13-31-23(27)29-18-7-9-21(26)20(25)11-18;1-11-2-4-12(5-3-11)9-18-16(20)15-7-6-14(17)8-13(15)10-19;8-5-3-4(11-7(10)12)1-2-6(5)9;2-1-3;/h2-11H,12-13H2,1H3,(H2,27,29)(H,28,30);2-8,19H,9-10H2,1H3,(H,18,20);1-3H,(H3,10,11,12);1H2;1H. The first-order valence-electron chi connectivity index (χ1n) is 19.3. The fourth-order valence-corrected chi connectivity index (χ4v) is 7.37. The van der Waals surface area contributed by atoms with Gasteiger partial charge in [0.1, 0.15) is 11.6 Å². The van der Waals surface area contributed by atoms with E-state index in [0.717, 1.165) is 25.6 Å². The van der Waals surface area contributed by atoms with Gasteiger partial charge in [-0.15, -0.1) is 40.2 Å². The number of aliphatic hydroxyl groups is 1. The van der Waals surface area contributed by atoms with Gasteiger partial charge in [-0.1, -0.05) is 126 Å². The van der Waals surface area contributed by atoms with Gasteiger partial charge in [0.05, 0.1) is 27.7 Å². The first-order valence-corrected chi connectivity index (χ1v) is 24.1. The van der Waals surface area contributed by atoms with Crippen LogP contribution in [-0.4, -0.2) is 32.5 Å². The van der Waals surface area contributed by atoms with Gasteiger partial charge in [0, 0.05) is 44.6 Å². The highest BCUT2D eigenvalue weighted by atomic mass is 79.9. The van der Waals surface area contributed by atoms with Crippen LogP contribution in [0.2, 0.25) is 10.0 Å². The van der Waals surface area contributed by atoms with Crippen molar-refractivity contribution < 1.29 is 23.5 Å². The Morgan fingerprint density at radius 3 is 1.60 bits per heavy atom. The smallest absolute Gasteiger partial charge is 0.251 e. The maximum Gasteiger partial charge on any atom is 0.251 e. The van der Waals surface area contributed by atoms with Gasteiger partial charge >= 0.3 is 0 Å². The van der Waals surface area contributed by atoms with Gasteiger partial charge in [-0.25, -0.2) is 13.8 Å². The number of benzene rings is 6. The fourth-order valence-electron chi connectivity index (χ4n) is 5.37. The number of alkyl halides is 2. The Kier molecular flexibility index (Phi) is 27.7. The first-order chi connectivity index (χ1) is 31.4. The number of carbonyl (C=O) groups is 2. The van der Waals surface area contributed by atoms with E-state index < -0.39 is 11.6 Å². The summed E-state index contributed by atoms with van der Waals surface area (Å²) in [6.45, 7) is 4.80. The van der Waals surface area contributed by atoms with E-state index in [9.17, 15) is 23.5 Å². The number of nitrogens with two attached hydrogens (primary N) is 2. The number of nitrogens with one attached hydrogen (secondary N) is 3. The number of amides is 2. The molecule has 0 fully saturated rings. The van der Waals surface area contributed by atoms with Crippen molar-refractivity contribution in [1.29, 1.82) is 0 Å². The van der Waals surface area contributed by atoms with Gasteiger partial charge < -0.3 is 32.5 Å². The lowest BCUT2D eigenvalue weighted by Crippen LogP contribution is -2.24. The number of carbonyl (C=O) groups excluding carboxylic acids is 2. The number of aliphatic imine (C=N–C) groups is 1. The second kappa shape index (κ2) is 31.3. The van der Waals surface area contributed by atoms with E-state index in [1.54, 1.807) is 24.3 Å². The van der Waals surface area contributed by atoms with E-state index in [-0.39, 0.29) is 61.1 Å². The van der Waals surface area contributed by atoms with Crippen molar-refractivity contribution in [3.63, 3.8) is 0 Å². The minimum absolute atomic E-state index is 0. The third-order valence-electron chi connectivity index (χ3n) is 8.65. The average molecular weight is 1230 g/mol. The van der Waals surface area contributed by atoms with Crippen molar-refractivity contribution in [2.45, 2.75) is 39.3 Å². The van der Waals surface area contributed by atoms with Gasteiger partial charge in [-0.2, -0.15) is 0 Å². The fraction of sp³-hybridized carbons (Fsp3) is 0.149. The maximum atomic E-state index is 13.3. The topological polar surface area (TPSA) is 155 Å². The Balaban J connectivity index is 0.000000366. The summed E-state index contributed by atoms with van der Waals surface area (Å²) in [5.74, 6) is -0.879. The van der Waals surface area contributed by atoms with E-state index >= 15 is 0 Å². The Morgan fingerprint density at radius 1 is 0.701 bits per heavy atom. The molecule has 2 amide bonds. The summed E-state index contributed by atoms with van der Waals surface area (Å²) in [5, 5.41) is 18.4. The monoisotopic (exact) mass is 1220 g/mol. The summed E-state index contributed by atoms with van der Waals surface area (Å²) in [5.41, 5.74) is 19.2. The zero-order chi connectivity index (χ0) is 48.8. The molecule has 6 aromatic carbocycles. The summed E-state index contributed by atoms with van der Waals surface area (Å²) < 4.78 is 27.6. The van der Waals surface area contributed by atoms with Crippen molar-refractivity contribution in [2.75, 3.05) is 10.7 Å². The third kappa shape index (κ3) is 22.0. The van der Waals surface area contributed by atoms with Crippen molar-refractivity contribution in [2.24, 2.45) is 16.5 Å². The molecule has 67 heavy (non-hydrogen) atoms. The Morgan fingerprint density at radius 2 is 1.15 bits per heavy atom. The summed E-state index contributed by atoms with van der Waals surface area (Å²) in [7, 11) is 0. The molecule has 9 nitrogen and oxygen atoms in total. The molecule has 356 valence electrons. The number of aryl methyl sites for hydroxylation is 2. The number of amidine groups is 1. The van der Waals surface area contributed by atoms with Crippen LogP contribution in [0.3, 0.4) is 0 Å². The molecule has 0 atom stereocenters. The number of rotatable bonds is 11. The lowest BCUT2D eigenvalue weighted by Gasteiger charge is -2.11. The molecular formula is C47H45Br3Cl4F2N6O3S2. The van der Waals surface area contributed by atoms with Crippen LogP contribution in [0.4, 0.5) is 20.2 Å². The van der Waals surface area contributed by atoms with E-state index in [4.69, 9.17) is 57.9 Å². The largest absolute Gasteiger partial charge is 0.392 e. The number of halogens is 9. The Hall–Kier alpha value is -3.81. The molecule has 0 bridgehead atoms. The van der Waals surface area contributed by atoms with Gasteiger partial charge in [-0.3, -0.25) is 9.59 Å². The van der Waals surface area contributed by atoms with E-state index in [1.807, 2.05) is 74.5 Å². The number of hydrogen-bond acceptors (Lipinski definition) is 6. The highest BCUT2D eigenvalue weighted by molar-refractivity contribution is 9.10. The number of nitrogens with zero attached hydrogens (tertiary/aromatic N) is 1. The van der Waals surface area contributed by atoms with Gasteiger partial charge in [0.2, 0.25) is 0 Å². The predicted molar refractivity (Wildman–Crippen MR) is 292 cm³/mol.